The van der Waals surface area contributed by atoms with Crippen molar-refractivity contribution in [2.75, 3.05) is 20.2 Å². The minimum absolute atomic E-state index is 0.175. The molecule has 132 valence electrons. The molecule has 1 aromatic carbocycles. The standard InChI is InChI=1S/C18H25NO4S/c1-18(2,3)23-17(21)19-10-6-9-15(20)16(12-19)24-14-8-5-7-13(11-14)22-4/h5,7-8,11,16H,6,9-10,12H2,1-4H3. The van der Waals surface area contributed by atoms with Crippen molar-refractivity contribution in [3.05, 3.63) is 24.3 Å². The molecule has 0 aliphatic carbocycles. The van der Waals surface area contributed by atoms with Gasteiger partial charge in [0.15, 0.2) is 0 Å². The number of hydrogen-bond acceptors (Lipinski definition) is 5. The van der Waals surface area contributed by atoms with E-state index in [9.17, 15) is 9.59 Å². The van der Waals surface area contributed by atoms with Crippen molar-refractivity contribution in [1.29, 1.82) is 0 Å². The van der Waals surface area contributed by atoms with E-state index >= 15 is 0 Å². The zero-order valence-electron chi connectivity index (χ0n) is 14.7. The Bertz CT molecular complexity index is 597. The first-order valence-electron chi connectivity index (χ1n) is 8.10. The highest BCUT2D eigenvalue weighted by Crippen LogP contribution is 2.30. The molecule has 24 heavy (non-hydrogen) atoms. The Morgan fingerprint density at radius 3 is 2.75 bits per heavy atom. The summed E-state index contributed by atoms with van der Waals surface area (Å²) in [4.78, 5) is 27.3. The molecular formula is C18H25NO4S. The van der Waals surface area contributed by atoms with Crippen LogP contribution in [-0.2, 0) is 9.53 Å². The quantitative estimate of drug-likeness (QED) is 0.830. The summed E-state index contributed by atoms with van der Waals surface area (Å²) in [5.41, 5.74) is -0.539. The molecule has 1 aliphatic rings. The van der Waals surface area contributed by atoms with Gasteiger partial charge in [-0.2, -0.15) is 0 Å². The van der Waals surface area contributed by atoms with Gasteiger partial charge in [0.2, 0.25) is 0 Å². The number of benzene rings is 1. The van der Waals surface area contributed by atoms with Crippen molar-refractivity contribution < 1.29 is 19.1 Å². The van der Waals surface area contributed by atoms with Crippen molar-refractivity contribution >= 4 is 23.6 Å². The highest BCUT2D eigenvalue weighted by atomic mass is 32.2. The molecule has 0 aromatic heterocycles. The van der Waals surface area contributed by atoms with Crippen molar-refractivity contribution in [2.24, 2.45) is 0 Å². The predicted octanol–water partition coefficient (Wildman–Crippen LogP) is 3.76. The van der Waals surface area contributed by atoms with Crippen molar-refractivity contribution in [3.63, 3.8) is 0 Å². The van der Waals surface area contributed by atoms with E-state index in [1.54, 1.807) is 12.0 Å². The number of nitrogens with zero attached hydrogens (tertiary/aromatic N) is 1. The Hall–Kier alpha value is -1.69. The summed E-state index contributed by atoms with van der Waals surface area (Å²) < 4.78 is 10.7. The lowest BCUT2D eigenvalue weighted by molar-refractivity contribution is -0.118. The number of rotatable bonds is 3. The van der Waals surface area contributed by atoms with Gasteiger partial charge in [0, 0.05) is 24.4 Å². The topological polar surface area (TPSA) is 55.8 Å². The summed E-state index contributed by atoms with van der Waals surface area (Å²) in [5.74, 6) is 0.930. The number of amides is 1. The smallest absolute Gasteiger partial charge is 0.410 e. The van der Waals surface area contributed by atoms with E-state index in [-0.39, 0.29) is 17.1 Å². The predicted molar refractivity (Wildman–Crippen MR) is 94.7 cm³/mol. The number of hydrogen-bond donors (Lipinski definition) is 0. The lowest BCUT2D eigenvalue weighted by Crippen LogP contribution is -2.40. The van der Waals surface area contributed by atoms with Crippen LogP contribution in [0.4, 0.5) is 4.79 Å². The molecule has 0 N–H and O–H groups in total. The molecule has 2 rings (SSSR count). The molecule has 5 nitrogen and oxygen atoms in total. The molecule has 6 heteroatoms. The highest BCUT2D eigenvalue weighted by molar-refractivity contribution is 8.00. The van der Waals surface area contributed by atoms with Crippen LogP contribution in [0.25, 0.3) is 0 Å². The third-order valence-electron chi connectivity index (χ3n) is 3.57. The molecule has 0 radical (unpaired) electrons. The molecule has 1 unspecified atom stereocenters. The molecule has 1 atom stereocenters. The lowest BCUT2D eigenvalue weighted by Gasteiger charge is -2.27. The summed E-state index contributed by atoms with van der Waals surface area (Å²) in [6.07, 6.45) is 0.808. The first-order chi connectivity index (χ1) is 11.3. The van der Waals surface area contributed by atoms with Gasteiger partial charge in [0.1, 0.15) is 17.1 Å². The Balaban J connectivity index is 2.09. The minimum atomic E-state index is -0.539. The van der Waals surface area contributed by atoms with Crippen LogP contribution in [0.15, 0.2) is 29.2 Å². The Labute approximate surface area is 147 Å². The maximum absolute atomic E-state index is 12.4. The van der Waals surface area contributed by atoms with Gasteiger partial charge in [-0.25, -0.2) is 4.79 Å². The fraction of sp³-hybridized carbons (Fsp3) is 0.556. The van der Waals surface area contributed by atoms with Crippen molar-refractivity contribution in [3.8, 4) is 5.75 Å². The number of carbonyl (C=O) groups is 2. The maximum Gasteiger partial charge on any atom is 0.410 e. The van der Waals surface area contributed by atoms with Gasteiger partial charge in [-0.3, -0.25) is 4.79 Å². The van der Waals surface area contributed by atoms with Gasteiger partial charge >= 0.3 is 6.09 Å². The van der Waals surface area contributed by atoms with Gasteiger partial charge < -0.3 is 14.4 Å². The first kappa shape index (κ1) is 18.6. The zero-order valence-corrected chi connectivity index (χ0v) is 15.5. The summed E-state index contributed by atoms with van der Waals surface area (Å²) in [6, 6.07) is 7.61. The van der Waals surface area contributed by atoms with Crippen molar-refractivity contribution in [2.45, 2.75) is 49.4 Å². The first-order valence-corrected chi connectivity index (χ1v) is 8.98. The van der Waals surface area contributed by atoms with E-state index < -0.39 is 5.60 Å². The number of Topliss-reactive ketones (excluding diaryl/α,β-unsaturated/α-hetero) is 1. The van der Waals surface area contributed by atoms with Crippen LogP contribution < -0.4 is 4.74 Å². The Kier molecular flexibility index (Phi) is 6.15. The van der Waals surface area contributed by atoms with Gasteiger partial charge in [-0.15, -0.1) is 11.8 Å². The molecule has 0 bridgehead atoms. The van der Waals surface area contributed by atoms with Gasteiger partial charge in [-0.1, -0.05) is 6.07 Å². The van der Waals surface area contributed by atoms with Crippen molar-refractivity contribution in [1.82, 2.24) is 4.90 Å². The molecule has 1 saturated heterocycles. The van der Waals surface area contributed by atoms with Crippen LogP contribution in [0, 0.1) is 0 Å². The second kappa shape index (κ2) is 7.92. The summed E-state index contributed by atoms with van der Waals surface area (Å²) in [5, 5.41) is -0.285. The van der Waals surface area contributed by atoms with Crippen LogP contribution >= 0.6 is 11.8 Å². The summed E-state index contributed by atoms with van der Waals surface area (Å²) >= 11 is 1.48. The molecule has 1 amide bonds. The normalized spacial score (nSPS) is 18.9. The third kappa shape index (κ3) is 5.44. The van der Waals surface area contributed by atoms with Gasteiger partial charge in [-0.05, 0) is 45.4 Å². The molecule has 1 heterocycles. The summed E-state index contributed by atoms with van der Waals surface area (Å²) in [7, 11) is 1.62. The Morgan fingerprint density at radius 2 is 2.08 bits per heavy atom. The molecule has 0 saturated carbocycles. The van der Waals surface area contributed by atoms with Crippen LogP contribution in [-0.4, -0.2) is 47.8 Å². The number of methoxy groups -OCH3 is 1. The average molecular weight is 351 g/mol. The molecular weight excluding hydrogens is 326 g/mol. The Morgan fingerprint density at radius 1 is 1.33 bits per heavy atom. The van der Waals surface area contributed by atoms with E-state index in [2.05, 4.69) is 0 Å². The van der Waals surface area contributed by atoms with Gasteiger partial charge in [0.25, 0.3) is 0 Å². The fourth-order valence-electron chi connectivity index (χ4n) is 2.43. The van der Waals surface area contributed by atoms with E-state index in [1.807, 2.05) is 45.0 Å². The highest BCUT2D eigenvalue weighted by Gasteiger charge is 2.30. The lowest BCUT2D eigenvalue weighted by atomic mass is 10.2. The molecule has 1 aliphatic heterocycles. The second-order valence-corrected chi connectivity index (χ2v) is 8.06. The van der Waals surface area contributed by atoms with Crippen LogP contribution in [0.3, 0.4) is 0 Å². The van der Waals surface area contributed by atoms with E-state index in [0.717, 1.165) is 10.6 Å². The van der Waals surface area contributed by atoms with Crippen LogP contribution in [0.2, 0.25) is 0 Å². The number of ether oxygens (including phenoxy) is 2. The number of carbonyl (C=O) groups excluding carboxylic acids is 2. The maximum atomic E-state index is 12.4. The van der Waals surface area contributed by atoms with Gasteiger partial charge in [0.05, 0.1) is 12.4 Å². The largest absolute Gasteiger partial charge is 0.497 e. The number of ketones is 1. The van der Waals surface area contributed by atoms with E-state index in [1.165, 1.54) is 11.8 Å². The summed E-state index contributed by atoms with van der Waals surface area (Å²) in [6.45, 7) is 6.45. The monoisotopic (exact) mass is 351 g/mol. The molecule has 1 aromatic rings. The fourth-order valence-corrected chi connectivity index (χ4v) is 3.61. The van der Waals surface area contributed by atoms with Crippen LogP contribution in [0.1, 0.15) is 33.6 Å². The molecule has 1 fully saturated rings. The second-order valence-electron chi connectivity index (χ2n) is 6.78. The van der Waals surface area contributed by atoms with Crippen LogP contribution in [0.5, 0.6) is 5.75 Å². The SMILES string of the molecule is COc1cccc(SC2CN(C(=O)OC(C)(C)C)CCCC2=O)c1. The molecule has 0 spiro atoms. The number of thioether (sulfide) groups is 1. The van der Waals surface area contributed by atoms with E-state index in [4.69, 9.17) is 9.47 Å². The third-order valence-corrected chi connectivity index (χ3v) is 4.79. The zero-order chi connectivity index (χ0) is 17.7. The van der Waals surface area contributed by atoms with E-state index in [0.29, 0.717) is 25.9 Å². The minimum Gasteiger partial charge on any atom is -0.497 e. The number of likely N-dealkylation sites (tertiary alicyclic amines) is 1. The average Bonchev–Trinajstić information content (AvgIpc) is 2.68.